The molecule has 0 saturated carbocycles. The minimum Gasteiger partial charge on any atom is -0.341 e. The standard InChI is InChI=1S/C14H25F3N2O/c1-4-10(3)9-19(5-2)13(20)12-7-6-11(8-18-12)14(15,16)17/h10-12,18H,4-9H2,1-3H3. The average molecular weight is 294 g/mol. The van der Waals surface area contributed by atoms with Crippen molar-refractivity contribution < 1.29 is 18.0 Å². The first kappa shape index (κ1) is 17.3. The Labute approximate surface area is 118 Å². The fourth-order valence-electron chi connectivity index (χ4n) is 2.45. The van der Waals surface area contributed by atoms with Crippen LogP contribution >= 0.6 is 0 Å². The number of hydrogen-bond donors (Lipinski definition) is 1. The maximum atomic E-state index is 12.6. The highest BCUT2D eigenvalue weighted by Gasteiger charge is 2.42. The molecule has 0 aromatic rings. The van der Waals surface area contributed by atoms with Gasteiger partial charge in [0.15, 0.2) is 0 Å². The number of piperidine rings is 1. The third-order valence-corrected chi connectivity index (χ3v) is 4.10. The predicted octanol–water partition coefficient (Wildman–Crippen LogP) is 2.81. The Balaban J connectivity index is 2.52. The summed E-state index contributed by atoms with van der Waals surface area (Å²) >= 11 is 0. The van der Waals surface area contributed by atoms with Gasteiger partial charge in [-0.3, -0.25) is 4.79 Å². The first-order valence-electron chi connectivity index (χ1n) is 7.38. The number of alkyl halides is 3. The van der Waals surface area contributed by atoms with Gasteiger partial charge >= 0.3 is 6.18 Å². The van der Waals surface area contributed by atoms with Crippen molar-refractivity contribution in [1.82, 2.24) is 10.2 Å². The molecule has 1 N–H and O–H groups in total. The smallest absolute Gasteiger partial charge is 0.341 e. The summed E-state index contributed by atoms with van der Waals surface area (Å²) in [5.74, 6) is -0.977. The average Bonchev–Trinajstić information content (AvgIpc) is 2.42. The molecule has 3 unspecified atom stereocenters. The number of amides is 1. The first-order valence-corrected chi connectivity index (χ1v) is 7.38. The molecular formula is C14H25F3N2O. The van der Waals surface area contributed by atoms with Crippen LogP contribution < -0.4 is 5.32 Å². The van der Waals surface area contributed by atoms with Crippen LogP contribution in [0.2, 0.25) is 0 Å². The fourth-order valence-corrected chi connectivity index (χ4v) is 2.45. The second-order valence-corrected chi connectivity index (χ2v) is 5.67. The number of nitrogens with one attached hydrogen (secondary N) is 1. The number of likely N-dealkylation sites (N-methyl/N-ethyl adjacent to an activating group) is 1. The second kappa shape index (κ2) is 7.29. The zero-order valence-electron chi connectivity index (χ0n) is 12.5. The monoisotopic (exact) mass is 294 g/mol. The molecule has 0 spiro atoms. The largest absolute Gasteiger partial charge is 0.393 e. The molecule has 0 radical (unpaired) electrons. The van der Waals surface area contributed by atoms with Crippen LogP contribution in [0.15, 0.2) is 0 Å². The Bertz CT molecular complexity index is 312. The van der Waals surface area contributed by atoms with E-state index in [1.165, 1.54) is 0 Å². The number of nitrogens with zero attached hydrogens (tertiary/aromatic N) is 1. The van der Waals surface area contributed by atoms with Gasteiger partial charge in [-0.15, -0.1) is 0 Å². The van der Waals surface area contributed by atoms with Crippen LogP contribution in [0.5, 0.6) is 0 Å². The lowest BCUT2D eigenvalue weighted by atomic mass is 9.93. The van der Waals surface area contributed by atoms with Crippen LogP contribution in [0.4, 0.5) is 13.2 Å². The van der Waals surface area contributed by atoms with Crippen molar-refractivity contribution in [3.05, 3.63) is 0 Å². The van der Waals surface area contributed by atoms with Crippen molar-refractivity contribution in [3.63, 3.8) is 0 Å². The molecule has 6 heteroatoms. The molecule has 0 aliphatic carbocycles. The molecule has 1 heterocycles. The Kier molecular flexibility index (Phi) is 6.30. The Hall–Kier alpha value is -0.780. The van der Waals surface area contributed by atoms with Crippen molar-refractivity contribution in [1.29, 1.82) is 0 Å². The topological polar surface area (TPSA) is 32.3 Å². The predicted molar refractivity (Wildman–Crippen MR) is 72.3 cm³/mol. The van der Waals surface area contributed by atoms with Gasteiger partial charge in [-0.2, -0.15) is 13.2 Å². The molecule has 1 saturated heterocycles. The quantitative estimate of drug-likeness (QED) is 0.845. The molecule has 0 aromatic carbocycles. The first-order chi connectivity index (χ1) is 9.29. The summed E-state index contributed by atoms with van der Waals surface area (Å²) in [5.41, 5.74) is 0. The Morgan fingerprint density at radius 1 is 1.35 bits per heavy atom. The summed E-state index contributed by atoms with van der Waals surface area (Å²) in [6.07, 6.45) is -2.88. The lowest BCUT2D eigenvalue weighted by molar-refractivity contribution is -0.180. The van der Waals surface area contributed by atoms with Crippen molar-refractivity contribution in [2.75, 3.05) is 19.6 Å². The number of hydrogen-bond acceptors (Lipinski definition) is 2. The minimum atomic E-state index is -4.16. The third-order valence-electron chi connectivity index (χ3n) is 4.10. The van der Waals surface area contributed by atoms with E-state index in [0.717, 1.165) is 6.42 Å². The fraction of sp³-hybridized carbons (Fsp3) is 0.929. The van der Waals surface area contributed by atoms with E-state index in [2.05, 4.69) is 19.2 Å². The van der Waals surface area contributed by atoms with Gasteiger partial charge in [0, 0.05) is 19.6 Å². The van der Waals surface area contributed by atoms with Crippen molar-refractivity contribution >= 4 is 5.91 Å². The number of carbonyl (C=O) groups excluding carboxylic acids is 1. The van der Waals surface area contributed by atoms with E-state index >= 15 is 0 Å². The minimum absolute atomic E-state index is 0.0355. The summed E-state index contributed by atoms with van der Waals surface area (Å²) in [6.45, 7) is 7.17. The van der Waals surface area contributed by atoms with Crippen molar-refractivity contribution in [2.45, 2.75) is 52.3 Å². The highest BCUT2D eigenvalue weighted by atomic mass is 19.4. The number of rotatable bonds is 5. The van der Waals surface area contributed by atoms with Gasteiger partial charge in [0.25, 0.3) is 0 Å². The molecule has 1 aliphatic heterocycles. The van der Waals surface area contributed by atoms with Gasteiger partial charge in [0.2, 0.25) is 5.91 Å². The Morgan fingerprint density at radius 3 is 2.40 bits per heavy atom. The lowest BCUT2D eigenvalue weighted by Gasteiger charge is -2.34. The summed E-state index contributed by atoms with van der Waals surface area (Å²) in [6, 6.07) is -0.461. The SMILES string of the molecule is CCC(C)CN(CC)C(=O)C1CCC(C(F)(F)F)CN1. The van der Waals surface area contributed by atoms with E-state index in [-0.39, 0.29) is 25.3 Å². The summed E-state index contributed by atoms with van der Waals surface area (Å²) in [5, 5.41) is 2.77. The molecule has 1 aliphatic rings. The molecule has 1 fully saturated rings. The molecule has 118 valence electrons. The molecule has 3 atom stereocenters. The normalized spacial score (nSPS) is 25.3. The van der Waals surface area contributed by atoms with E-state index < -0.39 is 18.1 Å². The molecule has 1 rings (SSSR count). The summed E-state index contributed by atoms with van der Waals surface area (Å²) < 4.78 is 37.7. The van der Waals surface area contributed by atoms with Crippen LogP contribution in [0.3, 0.4) is 0 Å². The van der Waals surface area contributed by atoms with Crippen LogP contribution in [-0.2, 0) is 4.79 Å². The summed E-state index contributed by atoms with van der Waals surface area (Å²) in [7, 11) is 0. The van der Waals surface area contributed by atoms with Crippen molar-refractivity contribution in [2.24, 2.45) is 11.8 Å². The zero-order valence-corrected chi connectivity index (χ0v) is 12.5. The third kappa shape index (κ3) is 4.65. The lowest BCUT2D eigenvalue weighted by Crippen LogP contribution is -2.53. The van der Waals surface area contributed by atoms with E-state index in [1.54, 1.807) is 4.90 Å². The van der Waals surface area contributed by atoms with Gasteiger partial charge in [-0.05, 0) is 25.7 Å². The highest BCUT2D eigenvalue weighted by Crippen LogP contribution is 2.32. The van der Waals surface area contributed by atoms with E-state index in [0.29, 0.717) is 19.0 Å². The number of carbonyl (C=O) groups is 1. The van der Waals surface area contributed by atoms with Gasteiger partial charge in [0.05, 0.1) is 12.0 Å². The molecule has 0 bridgehead atoms. The maximum absolute atomic E-state index is 12.6. The van der Waals surface area contributed by atoms with Gasteiger partial charge in [-0.25, -0.2) is 0 Å². The van der Waals surface area contributed by atoms with Gasteiger partial charge in [0.1, 0.15) is 0 Å². The molecular weight excluding hydrogens is 269 g/mol. The number of halogens is 3. The second-order valence-electron chi connectivity index (χ2n) is 5.67. The van der Waals surface area contributed by atoms with Gasteiger partial charge in [-0.1, -0.05) is 20.3 Å². The van der Waals surface area contributed by atoms with Crippen LogP contribution in [0, 0.1) is 11.8 Å². The zero-order chi connectivity index (χ0) is 15.3. The van der Waals surface area contributed by atoms with Crippen LogP contribution in [0.1, 0.15) is 40.0 Å². The van der Waals surface area contributed by atoms with E-state index in [9.17, 15) is 18.0 Å². The molecule has 3 nitrogen and oxygen atoms in total. The van der Waals surface area contributed by atoms with E-state index in [1.807, 2.05) is 6.92 Å². The molecule has 0 aromatic heterocycles. The molecule has 20 heavy (non-hydrogen) atoms. The van der Waals surface area contributed by atoms with Crippen LogP contribution in [-0.4, -0.2) is 42.7 Å². The molecule has 1 amide bonds. The van der Waals surface area contributed by atoms with E-state index in [4.69, 9.17) is 0 Å². The van der Waals surface area contributed by atoms with Gasteiger partial charge < -0.3 is 10.2 Å². The highest BCUT2D eigenvalue weighted by molar-refractivity contribution is 5.82. The summed E-state index contributed by atoms with van der Waals surface area (Å²) in [4.78, 5) is 14.1. The van der Waals surface area contributed by atoms with Crippen LogP contribution in [0.25, 0.3) is 0 Å². The van der Waals surface area contributed by atoms with Crippen molar-refractivity contribution in [3.8, 4) is 0 Å². The maximum Gasteiger partial charge on any atom is 0.393 e. The Morgan fingerprint density at radius 2 is 2.00 bits per heavy atom.